The van der Waals surface area contributed by atoms with E-state index in [1.807, 2.05) is 0 Å². The minimum absolute atomic E-state index is 0. The molecule has 0 amide bonds. The van der Waals surface area contributed by atoms with Crippen LogP contribution in [0.4, 0.5) is 4.39 Å². The van der Waals surface area contributed by atoms with Gasteiger partial charge in [0.05, 0.1) is 5.70 Å². The molecule has 0 aliphatic heterocycles. The minimum Gasteiger partial charge on any atom is -0.396 e. The summed E-state index contributed by atoms with van der Waals surface area (Å²) in [5, 5.41) is 0. The molecular weight excluding hydrogens is 117 g/mol. The van der Waals surface area contributed by atoms with Gasteiger partial charge in [-0.3, -0.25) is 0 Å². The van der Waals surface area contributed by atoms with Gasteiger partial charge < -0.3 is 5.73 Å². The average Bonchev–Trinajstić information content (AvgIpc) is 1.67. The summed E-state index contributed by atoms with van der Waals surface area (Å²) in [6.45, 7) is 6.28. The van der Waals surface area contributed by atoms with E-state index in [9.17, 15) is 4.39 Å². The molecule has 1 nitrogen and oxygen atoms in total. The first-order valence-electron chi connectivity index (χ1n) is 2.11. The molecule has 0 rings (SSSR count). The van der Waals surface area contributed by atoms with Crippen molar-refractivity contribution in [3.63, 3.8) is 0 Å². The van der Waals surface area contributed by atoms with Gasteiger partial charge in [-0.15, -0.1) is 0 Å². The maximum absolute atomic E-state index is 11.8. The first-order valence-corrected chi connectivity index (χ1v) is 2.11. The molecule has 0 atom stereocenters. The zero-order valence-corrected chi connectivity index (χ0v) is 4.52. The van der Waals surface area contributed by atoms with E-state index >= 15 is 0 Å². The summed E-state index contributed by atoms with van der Waals surface area (Å²) in [5.74, 6) is -0.620. The number of rotatable bonds is 2. The predicted molar refractivity (Wildman–Crippen MR) is 39.4 cm³/mol. The summed E-state index contributed by atoms with van der Waals surface area (Å²) in [5.41, 5.74) is 5.07. The van der Waals surface area contributed by atoms with Crippen LogP contribution >= 0.6 is 0 Å². The highest BCUT2D eigenvalue weighted by Crippen LogP contribution is 1.99. The van der Waals surface area contributed by atoms with Crippen LogP contribution in [0, 0.1) is 0 Å². The lowest BCUT2D eigenvalue weighted by atomic mass is 10.4. The van der Waals surface area contributed by atoms with Crippen LogP contribution in [0.5, 0.6) is 0 Å². The minimum atomic E-state index is -0.620. The monoisotopic (exact) mass is 129 g/mol. The van der Waals surface area contributed by atoms with Crippen molar-refractivity contribution in [2.75, 3.05) is 0 Å². The third-order valence-electron chi connectivity index (χ3n) is 0.611. The Balaban J connectivity index is 0. The summed E-state index contributed by atoms with van der Waals surface area (Å²) in [6, 6.07) is 0. The molecule has 0 unspecified atom stereocenters. The molecule has 9 heavy (non-hydrogen) atoms. The fourth-order valence-corrected chi connectivity index (χ4v) is 0.217. The van der Waals surface area contributed by atoms with Crippen molar-refractivity contribution in [3.8, 4) is 0 Å². The lowest BCUT2D eigenvalue weighted by Gasteiger charge is -1.89. The lowest BCUT2D eigenvalue weighted by Crippen LogP contribution is -1.94. The van der Waals surface area contributed by atoms with Crippen molar-refractivity contribution in [2.45, 2.75) is 7.43 Å². The second-order valence-electron chi connectivity index (χ2n) is 1.26. The van der Waals surface area contributed by atoms with Crippen molar-refractivity contribution in [1.29, 1.82) is 0 Å². The van der Waals surface area contributed by atoms with E-state index in [1.165, 1.54) is 12.2 Å². The zero-order chi connectivity index (χ0) is 6.57. The smallest absolute Gasteiger partial charge is 0.138 e. The van der Waals surface area contributed by atoms with E-state index in [2.05, 4.69) is 13.2 Å². The maximum atomic E-state index is 11.8. The van der Waals surface area contributed by atoms with Crippen LogP contribution in [0.3, 0.4) is 0 Å². The third kappa shape index (κ3) is 4.81. The molecule has 2 heteroatoms. The SMILES string of the molecule is C.C=C/C=C(/N)C(=C)F. The van der Waals surface area contributed by atoms with Crippen molar-refractivity contribution < 1.29 is 4.39 Å². The number of nitrogens with two attached hydrogens (primary N) is 1. The van der Waals surface area contributed by atoms with E-state index in [0.29, 0.717) is 0 Å². The fraction of sp³-hybridized carbons (Fsp3) is 0.143. The van der Waals surface area contributed by atoms with Gasteiger partial charge in [0.2, 0.25) is 0 Å². The van der Waals surface area contributed by atoms with Gasteiger partial charge in [0.15, 0.2) is 0 Å². The molecule has 0 fully saturated rings. The lowest BCUT2D eigenvalue weighted by molar-refractivity contribution is 0.653. The molecule has 0 aromatic rings. The first-order chi connectivity index (χ1) is 3.68. The number of allylic oxidation sites excluding steroid dienone is 3. The van der Waals surface area contributed by atoms with Gasteiger partial charge in [0.25, 0.3) is 0 Å². The topological polar surface area (TPSA) is 26.0 Å². The third-order valence-corrected chi connectivity index (χ3v) is 0.611. The summed E-state index contributed by atoms with van der Waals surface area (Å²) in [4.78, 5) is 0. The van der Waals surface area contributed by atoms with Gasteiger partial charge in [-0.25, -0.2) is 4.39 Å². The quantitative estimate of drug-likeness (QED) is 0.568. The molecular formula is C7H12FN. The van der Waals surface area contributed by atoms with Crippen LogP contribution in [-0.2, 0) is 0 Å². The summed E-state index contributed by atoms with van der Waals surface area (Å²) >= 11 is 0. The van der Waals surface area contributed by atoms with Crippen molar-refractivity contribution >= 4 is 0 Å². The molecule has 52 valence electrons. The van der Waals surface area contributed by atoms with E-state index in [1.54, 1.807) is 0 Å². The van der Waals surface area contributed by atoms with E-state index in [4.69, 9.17) is 5.73 Å². The molecule has 0 aromatic heterocycles. The van der Waals surface area contributed by atoms with Crippen molar-refractivity contribution in [1.82, 2.24) is 0 Å². The van der Waals surface area contributed by atoms with Crippen LogP contribution in [0.25, 0.3) is 0 Å². The molecule has 0 heterocycles. The Kier molecular flexibility index (Phi) is 6.14. The van der Waals surface area contributed by atoms with Gasteiger partial charge in [-0.2, -0.15) is 0 Å². The van der Waals surface area contributed by atoms with Gasteiger partial charge in [0.1, 0.15) is 5.83 Å². The highest BCUT2D eigenvalue weighted by atomic mass is 19.1. The Morgan fingerprint density at radius 2 is 2.00 bits per heavy atom. The molecule has 0 saturated heterocycles. The van der Waals surface area contributed by atoms with Gasteiger partial charge >= 0.3 is 0 Å². The molecule has 2 N–H and O–H groups in total. The van der Waals surface area contributed by atoms with Gasteiger partial charge in [-0.1, -0.05) is 26.7 Å². The molecule has 0 saturated carbocycles. The number of halogens is 1. The maximum Gasteiger partial charge on any atom is 0.138 e. The van der Waals surface area contributed by atoms with Gasteiger partial charge in [0, 0.05) is 0 Å². The van der Waals surface area contributed by atoms with E-state index < -0.39 is 5.83 Å². The molecule has 0 radical (unpaired) electrons. The largest absolute Gasteiger partial charge is 0.396 e. The Bertz CT molecular complexity index is 136. The molecule has 0 spiro atoms. The van der Waals surface area contributed by atoms with Gasteiger partial charge in [-0.05, 0) is 6.08 Å². The number of hydrogen-bond donors (Lipinski definition) is 1. The predicted octanol–water partition coefficient (Wildman–Crippen LogP) is 2.13. The Morgan fingerprint density at radius 1 is 1.56 bits per heavy atom. The van der Waals surface area contributed by atoms with Crippen molar-refractivity contribution in [2.24, 2.45) is 5.73 Å². The molecule has 0 aromatic carbocycles. The second-order valence-corrected chi connectivity index (χ2v) is 1.26. The highest BCUT2D eigenvalue weighted by molar-refractivity contribution is 5.22. The molecule has 0 bridgehead atoms. The van der Waals surface area contributed by atoms with Crippen LogP contribution < -0.4 is 5.73 Å². The van der Waals surface area contributed by atoms with Crippen molar-refractivity contribution in [3.05, 3.63) is 36.8 Å². The Hall–Kier alpha value is -1.05. The molecule has 0 aliphatic carbocycles. The number of hydrogen-bond acceptors (Lipinski definition) is 1. The van der Waals surface area contributed by atoms with E-state index in [0.717, 1.165) is 0 Å². The van der Waals surface area contributed by atoms with Crippen LogP contribution in [0.2, 0.25) is 0 Å². The zero-order valence-electron chi connectivity index (χ0n) is 4.52. The standard InChI is InChI=1S/C6H8FN.CH4/c1-3-4-6(8)5(2)7;/h3-4H,1-2,8H2;1H4/b6-4+;. The second kappa shape index (κ2) is 5.09. The van der Waals surface area contributed by atoms with Crippen LogP contribution in [0.15, 0.2) is 36.8 Å². The highest BCUT2D eigenvalue weighted by Gasteiger charge is 1.88. The van der Waals surface area contributed by atoms with Crippen LogP contribution in [-0.4, -0.2) is 0 Å². The van der Waals surface area contributed by atoms with E-state index in [-0.39, 0.29) is 13.1 Å². The van der Waals surface area contributed by atoms with Crippen LogP contribution in [0.1, 0.15) is 7.43 Å². The Morgan fingerprint density at radius 3 is 2.11 bits per heavy atom. The summed E-state index contributed by atoms with van der Waals surface area (Å²) in [7, 11) is 0. The fourth-order valence-electron chi connectivity index (χ4n) is 0.217. The normalized spacial score (nSPS) is 9.67. The summed E-state index contributed by atoms with van der Waals surface area (Å²) < 4.78 is 11.8. The Labute approximate surface area is 55.4 Å². The summed E-state index contributed by atoms with van der Waals surface area (Å²) in [6.07, 6.45) is 2.75. The first kappa shape index (κ1) is 10.8. The average molecular weight is 129 g/mol. The molecule has 0 aliphatic rings.